The van der Waals surface area contributed by atoms with E-state index < -0.39 is 0 Å². The Bertz CT molecular complexity index is 512. The van der Waals surface area contributed by atoms with E-state index in [1.165, 1.54) is 6.20 Å². The molecule has 0 bridgehead atoms. The first kappa shape index (κ1) is 9.09. The summed E-state index contributed by atoms with van der Waals surface area (Å²) >= 11 is 0. The Kier molecular flexibility index (Phi) is 2.25. The molecule has 5 nitrogen and oxygen atoms in total. The molecule has 0 saturated carbocycles. The minimum atomic E-state index is 0.395. The monoisotopic (exact) mass is 197 g/mol. The van der Waals surface area contributed by atoms with Gasteiger partial charge in [-0.2, -0.15) is 5.26 Å². The van der Waals surface area contributed by atoms with Gasteiger partial charge in [0.05, 0.1) is 5.56 Å². The maximum absolute atomic E-state index is 8.60. The zero-order valence-corrected chi connectivity index (χ0v) is 7.75. The smallest absolute Gasteiger partial charge is 0.180 e. The van der Waals surface area contributed by atoms with Gasteiger partial charge < -0.3 is 5.73 Å². The highest BCUT2D eigenvalue weighted by Gasteiger charge is 2.02. The molecule has 0 saturated heterocycles. The first-order valence-corrected chi connectivity index (χ1v) is 4.24. The highest BCUT2D eigenvalue weighted by atomic mass is 15.0. The summed E-state index contributed by atoms with van der Waals surface area (Å²) in [6.45, 7) is 0. The number of anilines is 1. The van der Waals surface area contributed by atoms with Crippen LogP contribution in [0.3, 0.4) is 0 Å². The standard InChI is InChI=1S/C10H7N5/c11-5-7-1-2-8(14-6-7)10-13-4-3-9(12)15-10/h1-4,6H,(H2,12,13,15). The predicted molar refractivity (Wildman–Crippen MR) is 54.4 cm³/mol. The molecule has 0 spiro atoms. The number of rotatable bonds is 1. The second-order valence-corrected chi connectivity index (χ2v) is 2.85. The van der Waals surface area contributed by atoms with Crippen molar-refractivity contribution in [3.8, 4) is 17.6 Å². The van der Waals surface area contributed by atoms with E-state index in [0.29, 0.717) is 22.9 Å². The molecule has 2 N–H and O–H groups in total. The van der Waals surface area contributed by atoms with Crippen LogP contribution in [-0.4, -0.2) is 15.0 Å². The molecule has 0 amide bonds. The average Bonchev–Trinajstić information content (AvgIpc) is 2.29. The highest BCUT2D eigenvalue weighted by Crippen LogP contribution is 2.12. The van der Waals surface area contributed by atoms with Gasteiger partial charge in [-0.05, 0) is 18.2 Å². The lowest BCUT2D eigenvalue weighted by Gasteiger charge is -1.99. The van der Waals surface area contributed by atoms with Crippen LogP contribution in [0.25, 0.3) is 11.5 Å². The van der Waals surface area contributed by atoms with Gasteiger partial charge in [0.1, 0.15) is 17.6 Å². The molecule has 2 heterocycles. The summed E-state index contributed by atoms with van der Waals surface area (Å²) in [6.07, 6.45) is 3.04. The van der Waals surface area contributed by atoms with E-state index in [4.69, 9.17) is 11.0 Å². The Morgan fingerprint density at radius 3 is 2.67 bits per heavy atom. The van der Waals surface area contributed by atoms with Crippen LogP contribution in [0.1, 0.15) is 5.56 Å². The Balaban J connectivity index is 2.42. The van der Waals surface area contributed by atoms with Crippen molar-refractivity contribution in [3.05, 3.63) is 36.2 Å². The third kappa shape index (κ3) is 1.89. The molecule has 2 aromatic heterocycles. The van der Waals surface area contributed by atoms with Crippen LogP contribution in [0.15, 0.2) is 30.6 Å². The zero-order chi connectivity index (χ0) is 10.7. The number of aromatic nitrogens is 3. The average molecular weight is 197 g/mol. The van der Waals surface area contributed by atoms with Gasteiger partial charge in [0.2, 0.25) is 0 Å². The van der Waals surface area contributed by atoms with E-state index in [9.17, 15) is 0 Å². The summed E-state index contributed by atoms with van der Waals surface area (Å²) in [5.41, 5.74) is 6.62. The van der Waals surface area contributed by atoms with Crippen LogP contribution in [0.2, 0.25) is 0 Å². The molecule has 0 radical (unpaired) electrons. The molecule has 2 aromatic rings. The minimum Gasteiger partial charge on any atom is -0.384 e. The normalized spacial score (nSPS) is 9.53. The number of pyridine rings is 1. The van der Waals surface area contributed by atoms with Gasteiger partial charge in [-0.25, -0.2) is 9.97 Å². The quantitative estimate of drug-likeness (QED) is 0.736. The van der Waals surface area contributed by atoms with Gasteiger partial charge in [0.25, 0.3) is 0 Å². The van der Waals surface area contributed by atoms with Crippen molar-refractivity contribution >= 4 is 5.82 Å². The Morgan fingerprint density at radius 2 is 2.07 bits per heavy atom. The molecule has 5 heteroatoms. The van der Waals surface area contributed by atoms with Crippen molar-refractivity contribution in [2.24, 2.45) is 0 Å². The first-order chi connectivity index (χ1) is 7.29. The second kappa shape index (κ2) is 3.72. The van der Waals surface area contributed by atoms with Crippen LogP contribution >= 0.6 is 0 Å². The molecular formula is C10H7N5. The molecule has 0 fully saturated rings. The van der Waals surface area contributed by atoms with Gasteiger partial charge in [-0.3, -0.25) is 4.98 Å². The summed E-state index contributed by atoms with van der Waals surface area (Å²) in [5, 5.41) is 8.60. The molecule has 72 valence electrons. The molecule has 15 heavy (non-hydrogen) atoms. The van der Waals surface area contributed by atoms with E-state index in [-0.39, 0.29) is 0 Å². The number of nitrogen functional groups attached to an aromatic ring is 1. The van der Waals surface area contributed by atoms with Crippen LogP contribution in [0.4, 0.5) is 5.82 Å². The Morgan fingerprint density at radius 1 is 1.20 bits per heavy atom. The lowest BCUT2D eigenvalue weighted by molar-refractivity contribution is 1.14. The van der Waals surface area contributed by atoms with Crippen molar-refractivity contribution in [1.82, 2.24) is 15.0 Å². The van der Waals surface area contributed by atoms with Crippen LogP contribution in [0, 0.1) is 11.3 Å². The summed E-state index contributed by atoms with van der Waals surface area (Å²) in [6, 6.07) is 6.94. The fourth-order valence-electron chi connectivity index (χ4n) is 1.09. The second-order valence-electron chi connectivity index (χ2n) is 2.85. The van der Waals surface area contributed by atoms with Crippen molar-refractivity contribution in [2.75, 3.05) is 5.73 Å². The topological polar surface area (TPSA) is 88.5 Å². The number of nitrogens with zero attached hydrogens (tertiary/aromatic N) is 4. The fraction of sp³-hybridized carbons (Fsp3) is 0. The molecule has 0 aliphatic heterocycles. The van der Waals surface area contributed by atoms with Gasteiger partial charge >= 0.3 is 0 Å². The maximum atomic E-state index is 8.60. The number of hydrogen-bond donors (Lipinski definition) is 1. The van der Waals surface area contributed by atoms with Gasteiger partial charge in [-0.1, -0.05) is 0 Å². The van der Waals surface area contributed by atoms with E-state index in [0.717, 1.165) is 0 Å². The van der Waals surface area contributed by atoms with Crippen molar-refractivity contribution in [2.45, 2.75) is 0 Å². The van der Waals surface area contributed by atoms with Gasteiger partial charge in [0, 0.05) is 12.4 Å². The first-order valence-electron chi connectivity index (χ1n) is 4.24. The SMILES string of the molecule is N#Cc1ccc(-c2nccc(N)n2)nc1. The van der Waals surface area contributed by atoms with E-state index in [1.54, 1.807) is 24.4 Å². The number of nitriles is 1. The Labute approximate surface area is 86.2 Å². The molecule has 0 atom stereocenters. The summed E-state index contributed by atoms with van der Waals surface area (Å²) < 4.78 is 0. The summed E-state index contributed by atoms with van der Waals surface area (Å²) in [5.74, 6) is 0.852. The van der Waals surface area contributed by atoms with E-state index >= 15 is 0 Å². The zero-order valence-electron chi connectivity index (χ0n) is 7.75. The van der Waals surface area contributed by atoms with Crippen LogP contribution in [-0.2, 0) is 0 Å². The van der Waals surface area contributed by atoms with E-state index in [2.05, 4.69) is 15.0 Å². The van der Waals surface area contributed by atoms with Crippen molar-refractivity contribution in [1.29, 1.82) is 5.26 Å². The summed E-state index contributed by atoms with van der Waals surface area (Å²) in [4.78, 5) is 12.1. The maximum Gasteiger partial charge on any atom is 0.180 e. The molecule has 0 aliphatic rings. The Hall–Kier alpha value is -2.48. The number of hydrogen-bond acceptors (Lipinski definition) is 5. The molecular weight excluding hydrogens is 190 g/mol. The third-order valence-electron chi connectivity index (χ3n) is 1.80. The highest BCUT2D eigenvalue weighted by molar-refractivity contribution is 5.51. The molecule has 0 aromatic carbocycles. The predicted octanol–water partition coefficient (Wildman–Crippen LogP) is 0.992. The largest absolute Gasteiger partial charge is 0.384 e. The van der Waals surface area contributed by atoms with Crippen LogP contribution < -0.4 is 5.73 Å². The number of nitrogens with two attached hydrogens (primary N) is 1. The van der Waals surface area contributed by atoms with Crippen LogP contribution in [0.5, 0.6) is 0 Å². The third-order valence-corrected chi connectivity index (χ3v) is 1.80. The van der Waals surface area contributed by atoms with E-state index in [1.807, 2.05) is 6.07 Å². The molecule has 0 aliphatic carbocycles. The summed E-state index contributed by atoms with van der Waals surface area (Å²) in [7, 11) is 0. The minimum absolute atomic E-state index is 0.395. The van der Waals surface area contributed by atoms with Crippen molar-refractivity contribution in [3.63, 3.8) is 0 Å². The molecule has 0 unspecified atom stereocenters. The lowest BCUT2D eigenvalue weighted by Crippen LogP contribution is -1.95. The lowest BCUT2D eigenvalue weighted by atomic mass is 10.2. The van der Waals surface area contributed by atoms with Gasteiger partial charge in [0.15, 0.2) is 5.82 Å². The van der Waals surface area contributed by atoms with Crippen molar-refractivity contribution < 1.29 is 0 Å². The van der Waals surface area contributed by atoms with Gasteiger partial charge in [-0.15, -0.1) is 0 Å². The fourth-order valence-corrected chi connectivity index (χ4v) is 1.09. The molecule has 2 rings (SSSR count).